The molecule has 0 saturated heterocycles. The summed E-state index contributed by atoms with van der Waals surface area (Å²) in [6.45, 7) is 0. The smallest absolute Gasteiger partial charge is 0.0625 e. The molecular weight excluding hydrogens is 1360 g/mol. The predicted molar refractivity (Wildman–Crippen MR) is 500 cm³/mol. The quantitative estimate of drug-likeness (QED) is 0.154. The van der Waals surface area contributed by atoms with Crippen LogP contribution in [0.1, 0.15) is 462 Å². The summed E-state index contributed by atoms with van der Waals surface area (Å²) in [6, 6.07) is 50.8. The van der Waals surface area contributed by atoms with Crippen molar-refractivity contribution in [3.05, 3.63) is 72.8 Å². The van der Waals surface area contributed by atoms with Crippen molar-refractivity contribution in [2.24, 2.45) is 0 Å². The minimum absolute atomic E-state index is 1.48. The molecule has 6 aliphatic rings. The highest BCUT2D eigenvalue weighted by Crippen LogP contribution is 2.40. The zero-order valence-electron chi connectivity index (χ0n) is 72.3. The molecule has 612 valence electrons. The Morgan fingerprint density at radius 2 is 0.185 bits per heavy atom. The van der Waals surface area contributed by atoms with Crippen molar-refractivity contribution in [1.82, 2.24) is 0 Å². The van der Waals surface area contributed by atoms with E-state index in [-0.39, 0.29) is 0 Å². The van der Waals surface area contributed by atoms with Crippen molar-refractivity contribution in [2.75, 3.05) is 0 Å². The molecular formula is C104H180Si4. The van der Waals surface area contributed by atoms with Gasteiger partial charge in [0.15, 0.2) is 0 Å². The second kappa shape index (κ2) is 56.5. The van der Waals surface area contributed by atoms with Crippen LogP contribution in [0.15, 0.2) is 72.8 Å². The molecule has 0 radical (unpaired) electrons. The van der Waals surface area contributed by atoms with Gasteiger partial charge in [-0.05, 0) is 21.5 Å². The molecule has 0 N–H and O–H groups in total. The van der Waals surface area contributed by atoms with Crippen LogP contribution in [0.25, 0.3) is 21.5 Å². The number of benzene rings is 4. The standard InChI is InChI=1S/2C52H90Si2/c2*1-2-8-14-20-26-34-44-54-47-37-29-23-17-11-5-3-9-15-21-27-35-45-53(43-33-25-19-13-7-1,51-41-42-52(54)50-40-32-31-39-49(50)51)46-36-28-22-16-10-4-6-12-18-24-30-38-48-54/h2*31-32,39-42H,1-30,33-38,43-48H2. The first-order valence-electron chi connectivity index (χ1n) is 50.7. The van der Waals surface area contributed by atoms with Gasteiger partial charge in [0, 0.05) is 0 Å². The first kappa shape index (κ1) is 90.2. The van der Waals surface area contributed by atoms with Crippen molar-refractivity contribution >= 4 is 74.6 Å². The molecule has 108 heavy (non-hydrogen) atoms. The summed E-state index contributed by atoms with van der Waals surface area (Å²) in [5, 5.41) is 14.8. The number of fused-ring (bicyclic) bond motifs is 2. The van der Waals surface area contributed by atoms with Crippen molar-refractivity contribution in [3.63, 3.8) is 0 Å². The summed E-state index contributed by atoms with van der Waals surface area (Å²) in [6.07, 6.45) is 107. The van der Waals surface area contributed by atoms with Crippen LogP contribution in [-0.2, 0) is 0 Å². The first-order valence-corrected chi connectivity index (χ1v) is 61.2. The van der Waals surface area contributed by atoms with E-state index in [0.717, 1.165) is 0 Å². The Kier molecular flexibility index (Phi) is 47.2. The summed E-state index contributed by atoms with van der Waals surface area (Å²) in [5.74, 6) is 0. The van der Waals surface area contributed by atoms with Gasteiger partial charge in [0.25, 0.3) is 0 Å². The third-order valence-corrected chi connectivity index (χ3v) is 52.5. The molecule has 0 unspecified atom stereocenters. The highest BCUT2D eigenvalue weighted by atomic mass is 28.3. The first-order chi connectivity index (χ1) is 53.7. The fraction of sp³-hybridized carbons (Fsp3) is 0.808. The molecule has 0 atom stereocenters. The predicted octanol–water partition coefficient (Wildman–Crippen LogP) is 34.5. The number of hydrogen-bond donors (Lipinski definition) is 0. The zero-order chi connectivity index (χ0) is 74.5. The highest BCUT2D eigenvalue weighted by molar-refractivity contribution is 6.97. The van der Waals surface area contributed by atoms with Crippen LogP contribution >= 0.6 is 0 Å². The fourth-order valence-corrected chi connectivity index (χ4v) is 46.0. The van der Waals surface area contributed by atoms with Crippen LogP contribution in [0.4, 0.5) is 0 Å². The maximum atomic E-state index is 2.89. The molecule has 4 aromatic carbocycles. The molecule has 0 aliphatic carbocycles. The lowest BCUT2D eigenvalue weighted by atomic mass is 10.1. The molecule has 6 aliphatic heterocycles. The Morgan fingerprint density at radius 1 is 0.102 bits per heavy atom. The average Bonchev–Trinajstić information content (AvgIpc) is 0.752. The average molecular weight is 1540 g/mol. The summed E-state index contributed by atoms with van der Waals surface area (Å²) < 4.78 is 0. The second-order valence-electron chi connectivity index (χ2n) is 39.0. The van der Waals surface area contributed by atoms with E-state index in [1.165, 1.54) is 462 Å². The van der Waals surface area contributed by atoms with Gasteiger partial charge in [-0.3, -0.25) is 0 Å². The zero-order valence-corrected chi connectivity index (χ0v) is 76.3. The van der Waals surface area contributed by atoms with Crippen molar-refractivity contribution in [1.29, 1.82) is 0 Å². The molecule has 0 saturated carbocycles. The summed E-state index contributed by atoms with van der Waals surface area (Å²) in [5.41, 5.74) is 0. The Bertz CT molecular complexity index is 2300. The van der Waals surface area contributed by atoms with Gasteiger partial charge in [0.1, 0.15) is 0 Å². The normalized spacial score (nSPS) is 28.0. The lowest BCUT2D eigenvalue weighted by Crippen LogP contribution is -2.51. The summed E-state index contributed by atoms with van der Waals surface area (Å²) >= 11 is 0. The lowest BCUT2D eigenvalue weighted by molar-refractivity contribution is 0.540. The third-order valence-electron chi connectivity index (χ3n) is 30.5. The molecule has 6 heterocycles. The molecule has 0 aromatic heterocycles. The van der Waals surface area contributed by atoms with E-state index in [4.69, 9.17) is 0 Å². The maximum absolute atomic E-state index is 2.89. The van der Waals surface area contributed by atoms with Gasteiger partial charge < -0.3 is 0 Å². The SMILES string of the molecule is c1ccc2c3ccc(c2c1)[Si]12CCCCCCCCCCCCCC[Si]3(CCCCCCCCCCCCCC1)CCCCCCCCCCCCCC2.c1ccc2c3ccc(c2c1)[Si]12CCCCCCCCCCCCCC[Si]3(CCCCCCCCCCCCCC1)CCCCCCCCCCCCCC2. The monoisotopic (exact) mass is 1540 g/mol. The molecule has 4 heteroatoms. The van der Waals surface area contributed by atoms with E-state index in [1.54, 1.807) is 94.1 Å². The molecule has 0 fully saturated rings. The van der Waals surface area contributed by atoms with Gasteiger partial charge in [0.05, 0.1) is 32.3 Å². The maximum Gasteiger partial charge on any atom is 0.0875 e. The molecule has 0 nitrogen and oxygen atoms in total. The Labute approximate surface area is 677 Å². The van der Waals surface area contributed by atoms with Crippen molar-refractivity contribution in [3.8, 4) is 0 Å². The van der Waals surface area contributed by atoms with Crippen LogP contribution in [0.3, 0.4) is 0 Å². The topological polar surface area (TPSA) is 0 Å². The van der Waals surface area contributed by atoms with Gasteiger partial charge >= 0.3 is 0 Å². The van der Waals surface area contributed by atoms with Gasteiger partial charge in [0.2, 0.25) is 0 Å². The van der Waals surface area contributed by atoms with E-state index in [9.17, 15) is 0 Å². The van der Waals surface area contributed by atoms with E-state index in [1.807, 2.05) is 20.7 Å². The second-order valence-corrected chi connectivity index (χ2v) is 57.4. The van der Waals surface area contributed by atoms with E-state index in [2.05, 4.69) is 72.8 Å². The third kappa shape index (κ3) is 32.7. The molecule has 0 spiro atoms. The fourth-order valence-electron chi connectivity index (χ4n) is 23.7. The van der Waals surface area contributed by atoms with Crippen molar-refractivity contribution < 1.29 is 0 Å². The lowest BCUT2D eigenvalue weighted by Gasteiger charge is -2.38. The van der Waals surface area contributed by atoms with Crippen LogP contribution in [0.2, 0.25) is 72.5 Å². The van der Waals surface area contributed by atoms with E-state index < -0.39 is 32.3 Å². The summed E-state index contributed by atoms with van der Waals surface area (Å²) in [4.78, 5) is 0. The van der Waals surface area contributed by atoms with Crippen molar-refractivity contribution in [2.45, 2.75) is 535 Å². The van der Waals surface area contributed by atoms with Crippen LogP contribution < -0.4 is 20.7 Å². The van der Waals surface area contributed by atoms with Crippen LogP contribution in [0, 0.1) is 0 Å². The van der Waals surface area contributed by atoms with Gasteiger partial charge in [-0.25, -0.2) is 0 Å². The molecule has 4 aromatic rings. The van der Waals surface area contributed by atoms with Gasteiger partial charge in [-0.1, -0.05) is 628 Å². The Morgan fingerprint density at radius 3 is 0.278 bits per heavy atom. The summed E-state index contributed by atoms with van der Waals surface area (Å²) in [7, 11) is -6.78. The Balaban J connectivity index is 0.000000249. The molecule has 0 amide bonds. The van der Waals surface area contributed by atoms with E-state index >= 15 is 0 Å². The number of rotatable bonds is 0. The van der Waals surface area contributed by atoms with Crippen LogP contribution in [0.5, 0.6) is 0 Å². The Hall–Kier alpha value is -1.73. The minimum Gasteiger partial charge on any atom is -0.0625 e. The minimum atomic E-state index is -1.69. The molecule has 10 rings (SSSR count). The molecule has 8 bridgehead atoms. The van der Waals surface area contributed by atoms with Gasteiger partial charge in [-0.15, -0.1) is 0 Å². The highest BCUT2D eigenvalue weighted by Gasteiger charge is 2.42. The van der Waals surface area contributed by atoms with E-state index in [0.29, 0.717) is 0 Å². The number of hydrogen-bond acceptors (Lipinski definition) is 0. The van der Waals surface area contributed by atoms with Crippen LogP contribution in [-0.4, -0.2) is 32.3 Å². The largest absolute Gasteiger partial charge is 0.0875 e. The van der Waals surface area contributed by atoms with Gasteiger partial charge in [-0.2, -0.15) is 0 Å².